The van der Waals surface area contributed by atoms with E-state index < -0.39 is 48.8 Å². The number of β-amino-alcohol motifs (C(OH)–C–C–N with tert-alkyl or cyclic N) is 1. The van der Waals surface area contributed by atoms with Crippen LogP contribution in [0.5, 0.6) is 5.75 Å². The Kier molecular flexibility index (Phi) is 15.4. The van der Waals surface area contributed by atoms with E-state index >= 15 is 0 Å². The van der Waals surface area contributed by atoms with E-state index in [9.17, 15) is 37.8 Å². The van der Waals surface area contributed by atoms with Crippen LogP contribution >= 0.6 is 0 Å². The van der Waals surface area contributed by atoms with Gasteiger partial charge in [-0.1, -0.05) is 48.5 Å². The third-order valence-electron chi connectivity index (χ3n) is 10.8. The molecule has 4 N–H and O–H groups in total. The Balaban J connectivity index is 0.000000413. The van der Waals surface area contributed by atoms with Crippen LogP contribution in [-0.2, 0) is 22.6 Å². The number of nitrogens with zero attached hydrogens (tertiary/aromatic N) is 6. The lowest BCUT2D eigenvalue weighted by Gasteiger charge is -2.41. The molecule has 0 aliphatic carbocycles. The van der Waals surface area contributed by atoms with Gasteiger partial charge in [-0.2, -0.15) is 13.2 Å². The summed E-state index contributed by atoms with van der Waals surface area (Å²) in [6, 6.07) is 21.9. The first-order chi connectivity index (χ1) is 31.4. The van der Waals surface area contributed by atoms with Crippen molar-refractivity contribution in [2.45, 2.75) is 49.9 Å². The number of rotatable bonds is 15. The molecule has 0 bridgehead atoms. The van der Waals surface area contributed by atoms with Crippen LogP contribution in [0.4, 0.5) is 13.2 Å². The number of piperazine rings is 1. The fraction of sp³-hybridized carbons (Fsp3) is 0.326. The number of oxazole rings is 2. The summed E-state index contributed by atoms with van der Waals surface area (Å²) in [5.74, 6) is 0.116. The second-order valence-corrected chi connectivity index (χ2v) is 15.5. The molecule has 4 aromatic heterocycles. The molecule has 2 aromatic carbocycles. The van der Waals surface area contributed by atoms with Gasteiger partial charge in [-0.15, -0.1) is 0 Å². The molecule has 340 valence electrons. The third kappa shape index (κ3) is 12.9. The molecule has 0 radical (unpaired) electrons. The molecule has 1 fully saturated rings. The summed E-state index contributed by atoms with van der Waals surface area (Å²) < 4.78 is 55.9. The number of alkyl halides is 3. The standard InChI is InChI=1S/C37H41F3N6O6.C9H6N2O2/c38-37(39,40)23-43-36(50)29-20-45(21-33-42-18-32(52-33)25-9-6-12-41-17-25)13-14-46(29)19-27(47)16-26(15-24-7-2-1-3-8-24)35(49)44-34-28-10-4-5-11-31(28)51-22-30(34)48;12-6-9-11-5-8(13-9)7-2-1-3-10-4-7/h1-12,17-18,26-27,29-30,34,47-48H,13-16,19-23H2,(H,43,50)(H,44,49);1-6H/t26-,27+,29+,30-,34+;/m1./s1. The van der Waals surface area contributed by atoms with Crippen molar-refractivity contribution in [2.24, 2.45) is 5.92 Å². The third-order valence-corrected chi connectivity index (χ3v) is 10.8. The number of carbonyl (C=O) groups excluding carboxylic acids is 3. The number of aliphatic hydroxyl groups excluding tert-OH is 2. The minimum Gasteiger partial charge on any atom is -0.490 e. The Morgan fingerprint density at radius 2 is 1.57 bits per heavy atom. The van der Waals surface area contributed by atoms with E-state index in [-0.39, 0.29) is 57.4 Å². The second-order valence-electron chi connectivity index (χ2n) is 15.5. The van der Waals surface area contributed by atoms with Crippen molar-refractivity contribution in [1.82, 2.24) is 40.4 Å². The molecule has 8 rings (SSSR count). The lowest BCUT2D eigenvalue weighted by Crippen LogP contribution is -2.60. The molecule has 0 unspecified atom stereocenters. The number of pyridine rings is 2. The predicted octanol–water partition coefficient (Wildman–Crippen LogP) is 4.67. The highest BCUT2D eigenvalue weighted by Crippen LogP contribution is 2.33. The molecule has 5 atom stereocenters. The van der Waals surface area contributed by atoms with Gasteiger partial charge in [0, 0.05) is 73.6 Å². The highest BCUT2D eigenvalue weighted by Gasteiger charge is 2.38. The van der Waals surface area contributed by atoms with Gasteiger partial charge in [0.25, 0.3) is 5.89 Å². The normalized spacial score (nSPS) is 18.5. The van der Waals surface area contributed by atoms with E-state index in [0.717, 1.165) is 16.7 Å². The number of hydrogen-bond acceptors (Lipinski definition) is 14. The van der Waals surface area contributed by atoms with Crippen LogP contribution in [0, 0.1) is 5.92 Å². The van der Waals surface area contributed by atoms with Crippen LogP contribution in [0.25, 0.3) is 22.6 Å². The number of fused-ring (bicyclic) bond motifs is 1. The minimum absolute atomic E-state index is 0.000636. The van der Waals surface area contributed by atoms with E-state index in [4.69, 9.17) is 13.6 Å². The van der Waals surface area contributed by atoms with E-state index in [2.05, 4.69) is 25.3 Å². The van der Waals surface area contributed by atoms with Gasteiger partial charge in [-0.05, 0) is 48.7 Å². The minimum atomic E-state index is -4.61. The smallest absolute Gasteiger partial charge is 0.405 e. The van der Waals surface area contributed by atoms with E-state index in [1.165, 1.54) is 6.20 Å². The summed E-state index contributed by atoms with van der Waals surface area (Å²) >= 11 is 0. The number of para-hydroxylation sites is 1. The van der Waals surface area contributed by atoms with Gasteiger partial charge < -0.3 is 34.4 Å². The molecule has 19 heteroatoms. The van der Waals surface area contributed by atoms with E-state index in [0.29, 0.717) is 41.6 Å². The Hall–Kier alpha value is -6.80. The van der Waals surface area contributed by atoms with Crippen LogP contribution in [0.3, 0.4) is 0 Å². The Labute approximate surface area is 371 Å². The molecule has 1 saturated heterocycles. The summed E-state index contributed by atoms with van der Waals surface area (Å²) in [5, 5.41) is 27.2. The maximum atomic E-state index is 13.9. The first kappa shape index (κ1) is 46.2. The average Bonchev–Trinajstić information content (AvgIpc) is 4.01. The van der Waals surface area contributed by atoms with Crippen LogP contribution in [0.1, 0.15) is 40.2 Å². The summed E-state index contributed by atoms with van der Waals surface area (Å²) in [6.45, 7) is -0.639. The van der Waals surface area contributed by atoms with Gasteiger partial charge in [0.1, 0.15) is 31.0 Å². The van der Waals surface area contributed by atoms with Crippen molar-refractivity contribution in [3.05, 3.63) is 139 Å². The Morgan fingerprint density at radius 1 is 0.877 bits per heavy atom. The monoisotopic (exact) mass is 896 g/mol. The van der Waals surface area contributed by atoms with E-state index in [1.807, 2.05) is 52.7 Å². The summed E-state index contributed by atoms with van der Waals surface area (Å²) in [6.07, 6.45) is 3.78. The Bertz CT molecular complexity index is 2460. The summed E-state index contributed by atoms with van der Waals surface area (Å²) in [5.41, 5.74) is 3.04. The number of amides is 2. The molecule has 6 aromatic rings. The summed E-state index contributed by atoms with van der Waals surface area (Å²) in [4.78, 5) is 57.0. The topological polar surface area (TPSA) is 209 Å². The molecule has 65 heavy (non-hydrogen) atoms. The number of hydrogen-bond donors (Lipinski definition) is 4. The van der Waals surface area contributed by atoms with Crippen molar-refractivity contribution in [1.29, 1.82) is 0 Å². The predicted molar refractivity (Wildman–Crippen MR) is 228 cm³/mol. The first-order valence-corrected chi connectivity index (χ1v) is 20.8. The zero-order valence-corrected chi connectivity index (χ0v) is 35.0. The van der Waals surface area contributed by atoms with Gasteiger partial charge in [0.05, 0.1) is 31.1 Å². The molecule has 0 saturated carbocycles. The van der Waals surface area contributed by atoms with Gasteiger partial charge in [0.15, 0.2) is 11.5 Å². The van der Waals surface area contributed by atoms with Crippen molar-refractivity contribution >= 4 is 18.1 Å². The molecule has 16 nitrogen and oxygen atoms in total. The zero-order chi connectivity index (χ0) is 45.8. The first-order valence-electron chi connectivity index (χ1n) is 20.8. The van der Waals surface area contributed by atoms with Gasteiger partial charge in [-0.25, -0.2) is 9.97 Å². The number of aliphatic hydroxyl groups is 2. The van der Waals surface area contributed by atoms with Crippen molar-refractivity contribution in [3.63, 3.8) is 0 Å². The van der Waals surface area contributed by atoms with Crippen molar-refractivity contribution in [2.75, 3.05) is 39.3 Å². The maximum Gasteiger partial charge on any atom is 0.405 e. The van der Waals surface area contributed by atoms with Crippen molar-refractivity contribution < 1.29 is 51.3 Å². The van der Waals surface area contributed by atoms with Crippen molar-refractivity contribution in [3.8, 4) is 28.4 Å². The molecular formula is C46H47F3N8O8. The summed E-state index contributed by atoms with van der Waals surface area (Å²) in [7, 11) is 0. The number of nitrogens with one attached hydrogen (secondary N) is 2. The molecule has 6 heterocycles. The Morgan fingerprint density at radius 3 is 2.25 bits per heavy atom. The second kappa shape index (κ2) is 21.7. The average molecular weight is 897 g/mol. The fourth-order valence-electron chi connectivity index (χ4n) is 7.64. The maximum absolute atomic E-state index is 13.9. The highest BCUT2D eigenvalue weighted by atomic mass is 19.4. The number of halogens is 3. The molecule has 2 amide bonds. The zero-order valence-electron chi connectivity index (χ0n) is 35.0. The lowest BCUT2D eigenvalue weighted by molar-refractivity contribution is -0.143. The molecular weight excluding hydrogens is 850 g/mol. The van der Waals surface area contributed by atoms with Crippen LogP contribution in [0.2, 0.25) is 0 Å². The number of ether oxygens (including phenoxy) is 1. The molecule has 0 spiro atoms. The molecule has 2 aliphatic heterocycles. The SMILES string of the molecule is O=C(N[C@H]1c2ccccc2OC[C@H]1O)[C@H](Cc1ccccc1)C[C@H](O)CN1CCN(Cc2ncc(-c3cccnc3)o2)C[C@H]1C(=O)NCC(F)(F)F.O=Cc1ncc(-c2cccnc2)o1. The number of carbonyl (C=O) groups is 3. The largest absolute Gasteiger partial charge is 0.490 e. The lowest BCUT2D eigenvalue weighted by atomic mass is 9.90. The van der Waals surface area contributed by atoms with Crippen LogP contribution in [-0.4, -0.2) is 122 Å². The van der Waals surface area contributed by atoms with E-state index in [1.54, 1.807) is 72.3 Å². The van der Waals surface area contributed by atoms with Crippen LogP contribution < -0.4 is 15.4 Å². The quantitative estimate of drug-likeness (QED) is 0.103. The number of aldehydes is 1. The van der Waals surface area contributed by atoms with Gasteiger partial charge >= 0.3 is 6.18 Å². The number of aromatic nitrogens is 4. The van der Waals surface area contributed by atoms with Gasteiger partial charge in [-0.3, -0.25) is 34.2 Å². The molecule has 2 aliphatic rings. The van der Waals surface area contributed by atoms with Crippen LogP contribution in [0.15, 0.2) is 125 Å². The highest BCUT2D eigenvalue weighted by molar-refractivity contribution is 5.82. The fourth-order valence-corrected chi connectivity index (χ4v) is 7.64. The van der Waals surface area contributed by atoms with Gasteiger partial charge in [0.2, 0.25) is 24.0 Å². The number of benzene rings is 2.